The second kappa shape index (κ2) is 6.98. The van der Waals surface area contributed by atoms with Gasteiger partial charge in [0.05, 0.1) is 0 Å². The van der Waals surface area contributed by atoms with Gasteiger partial charge in [0.15, 0.2) is 9.76 Å². The van der Waals surface area contributed by atoms with E-state index in [1.807, 2.05) is 0 Å². The van der Waals surface area contributed by atoms with Crippen molar-refractivity contribution < 1.29 is 4.12 Å². The first kappa shape index (κ1) is 11.7. The Morgan fingerprint density at radius 3 is 2.79 bits per heavy atom. The second-order valence-corrected chi connectivity index (χ2v) is 7.02. The molecule has 1 aromatic rings. The molecule has 0 unspecified atom stereocenters. The maximum absolute atomic E-state index is 5.45. The van der Waals surface area contributed by atoms with E-state index in [0.29, 0.717) is 0 Å². The molecule has 0 aromatic heterocycles. The van der Waals surface area contributed by atoms with Crippen LogP contribution in [-0.2, 0) is 10.5 Å². The number of rotatable bonds is 6. The zero-order valence-electron chi connectivity index (χ0n) is 9.25. The van der Waals surface area contributed by atoms with Crippen LogP contribution in [0.25, 0.3) is 0 Å². The molecule has 78 valence electrons. The average molecular weight is 224 g/mol. The molecule has 0 aliphatic rings. The summed E-state index contributed by atoms with van der Waals surface area (Å²) in [6.45, 7) is 2.25. The third-order valence-corrected chi connectivity index (χ3v) is 4.62. The first-order valence-corrected chi connectivity index (χ1v) is 7.54. The lowest BCUT2D eigenvalue weighted by Crippen LogP contribution is -2.21. The quantitative estimate of drug-likeness (QED) is 0.503. The van der Waals surface area contributed by atoms with Crippen molar-refractivity contribution in [2.75, 3.05) is 0 Å². The van der Waals surface area contributed by atoms with E-state index in [-0.39, 0.29) is 0 Å². The smallest absolute Gasteiger partial charge is 0.178 e. The van der Waals surface area contributed by atoms with Gasteiger partial charge in [0.1, 0.15) is 10.5 Å². The summed E-state index contributed by atoms with van der Waals surface area (Å²) in [7, 11) is 0.487. The summed E-state index contributed by atoms with van der Waals surface area (Å²) in [5.74, 6) is 0. The number of hydrogen-bond donors (Lipinski definition) is 0. The van der Waals surface area contributed by atoms with Crippen molar-refractivity contribution in [3.63, 3.8) is 0 Å². The van der Waals surface area contributed by atoms with E-state index in [9.17, 15) is 0 Å². The summed E-state index contributed by atoms with van der Waals surface area (Å²) < 4.78 is 5.45. The molecule has 0 spiro atoms. The molecular weight excluding hydrogens is 204 g/mol. The van der Waals surface area contributed by atoms with Crippen molar-refractivity contribution in [1.29, 1.82) is 0 Å². The van der Waals surface area contributed by atoms with Crippen LogP contribution in [0, 0.1) is 0 Å². The molecule has 0 saturated carbocycles. The minimum absolute atomic E-state index is 0.402. The summed E-state index contributed by atoms with van der Waals surface area (Å²) in [6.07, 6.45) is 5.21. The van der Waals surface area contributed by atoms with Crippen LogP contribution in [0.3, 0.4) is 0 Å². The fourth-order valence-corrected chi connectivity index (χ4v) is 3.62. The van der Waals surface area contributed by atoms with Crippen LogP contribution in [0.1, 0.15) is 31.7 Å². The van der Waals surface area contributed by atoms with E-state index in [0.717, 1.165) is 10.5 Å². The normalized spacial score (nSPS) is 11.5. The minimum atomic E-state index is -0.402. The topological polar surface area (TPSA) is 9.23 Å². The van der Waals surface area contributed by atoms with Crippen molar-refractivity contribution in [3.05, 3.63) is 29.8 Å². The van der Waals surface area contributed by atoms with Crippen LogP contribution < -0.4 is 5.19 Å². The van der Waals surface area contributed by atoms with E-state index in [4.69, 9.17) is 4.12 Å². The van der Waals surface area contributed by atoms with Crippen LogP contribution in [0.5, 0.6) is 0 Å². The molecule has 0 aliphatic heterocycles. The Kier molecular flexibility index (Phi) is 5.83. The van der Waals surface area contributed by atoms with Gasteiger partial charge < -0.3 is 4.12 Å². The number of unbranched alkanes of at least 4 members (excludes halogenated alkanes) is 2. The van der Waals surface area contributed by atoms with Crippen molar-refractivity contribution in [1.82, 2.24) is 0 Å². The highest BCUT2D eigenvalue weighted by Gasteiger charge is 2.00. The molecule has 0 atom stereocenters. The standard InChI is InChI=1S/C11H20OSi2/c1-2-3-4-7-10-8-5-6-9-11(10)14-12-13/h5-6,8-9H,2-4,7,14H2,1,13H3. The highest BCUT2D eigenvalue weighted by atomic mass is 28.3. The molecule has 3 heteroatoms. The first-order valence-electron chi connectivity index (χ1n) is 5.44. The third-order valence-electron chi connectivity index (χ3n) is 2.47. The average Bonchev–Trinajstić information content (AvgIpc) is 2.21. The zero-order valence-corrected chi connectivity index (χ0v) is 12.7. The van der Waals surface area contributed by atoms with Crippen molar-refractivity contribution in [2.24, 2.45) is 0 Å². The summed E-state index contributed by atoms with van der Waals surface area (Å²) in [5.41, 5.74) is 1.53. The molecule has 0 bridgehead atoms. The molecule has 0 N–H and O–H groups in total. The monoisotopic (exact) mass is 224 g/mol. The number of aryl methyl sites for hydroxylation is 1. The van der Waals surface area contributed by atoms with Gasteiger partial charge in [-0.3, -0.25) is 0 Å². The molecule has 0 heterocycles. The molecule has 0 aliphatic carbocycles. The van der Waals surface area contributed by atoms with Gasteiger partial charge in [0.2, 0.25) is 0 Å². The molecule has 0 radical (unpaired) electrons. The predicted octanol–water partition coefficient (Wildman–Crippen LogP) is 0.425. The van der Waals surface area contributed by atoms with Gasteiger partial charge in [-0.25, -0.2) is 0 Å². The van der Waals surface area contributed by atoms with Crippen molar-refractivity contribution in [3.8, 4) is 0 Å². The van der Waals surface area contributed by atoms with E-state index in [1.54, 1.807) is 0 Å². The maximum Gasteiger partial charge on any atom is 0.178 e. The van der Waals surface area contributed by atoms with Crippen molar-refractivity contribution >= 4 is 25.4 Å². The van der Waals surface area contributed by atoms with Crippen LogP contribution >= 0.6 is 0 Å². The summed E-state index contributed by atoms with van der Waals surface area (Å²) in [5, 5.41) is 1.51. The van der Waals surface area contributed by atoms with E-state index in [2.05, 4.69) is 31.2 Å². The Bertz CT molecular complexity index is 263. The Morgan fingerprint density at radius 1 is 1.29 bits per heavy atom. The molecule has 14 heavy (non-hydrogen) atoms. The number of hydrogen-bond acceptors (Lipinski definition) is 1. The fraction of sp³-hybridized carbons (Fsp3) is 0.455. The molecule has 1 nitrogen and oxygen atoms in total. The first-order chi connectivity index (χ1) is 6.88. The van der Waals surface area contributed by atoms with E-state index < -0.39 is 9.76 Å². The molecular formula is C11H20OSi2. The van der Waals surface area contributed by atoms with Gasteiger partial charge in [-0.2, -0.15) is 0 Å². The van der Waals surface area contributed by atoms with E-state index >= 15 is 0 Å². The van der Waals surface area contributed by atoms with Gasteiger partial charge in [0, 0.05) is 0 Å². The third kappa shape index (κ3) is 3.78. The van der Waals surface area contributed by atoms with Crippen LogP contribution in [0.2, 0.25) is 0 Å². The van der Waals surface area contributed by atoms with Gasteiger partial charge in [-0.1, -0.05) is 44.0 Å². The second-order valence-electron chi connectivity index (χ2n) is 3.66. The summed E-state index contributed by atoms with van der Waals surface area (Å²) >= 11 is 0. The highest BCUT2D eigenvalue weighted by Crippen LogP contribution is 2.04. The molecule has 0 fully saturated rings. The lowest BCUT2D eigenvalue weighted by Gasteiger charge is -2.07. The summed E-state index contributed by atoms with van der Waals surface area (Å²) in [4.78, 5) is 0. The SMILES string of the molecule is CCCCCc1ccccc1[SiH2]O[SiH3]. The Labute approximate surface area is 92.4 Å². The van der Waals surface area contributed by atoms with Crippen molar-refractivity contribution in [2.45, 2.75) is 32.6 Å². The Morgan fingerprint density at radius 2 is 2.07 bits per heavy atom. The molecule has 0 saturated heterocycles. The van der Waals surface area contributed by atoms with Gasteiger partial charge in [-0.05, 0) is 23.6 Å². The van der Waals surface area contributed by atoms with Gasteiger partial charge >= 0.3 is 0 Å². The Hall–Kier alpha value is -0.386. The van der Waals surface area contributed by atoms with Gasteiger partial charge in [-0.15, -0.1) is 0 Å². The lowest BCUT2D eigenvalue weighted by molar-refractivity contribution is 0.674. The molecule has 0 amide bonds. The largest absolute Gasteiger partial charge is 0.465 e. The minimum Gasteiger partial charge on any atom is -0.465 e. The predicted molar refractivity (Wildman–Crippen MR) is 68.9 cm³/mol. The van der Waals surface area contributed by atoms with Crippen LogP contribution in [0.4, 0.5) is 0 Å². The maximum atomic E-state index is 5.45. The lowest BCUT2D eigenvalue weighted by atomic mass is 10.1. The Balaban J connectivity index is 2.55. The fourth-order valence-electron chi connectivity index (χ4n) is 1.66. The summed E-state index contributed by atoms with van der Waals surface area (Å²) in [6, 6.07) is 8.78. The highest BCUT2D eigenvalue weighted by molar-refractivity contribution is 6.51. The van der Waals surface area contributed by atoms with Crippen LogP contribution in [-0.4, -0.2) is 20.2 Å². The zero-order chi connectivity index (χ0) is 10.2. The van der Waals surface area contributed by atoms with Gasteiger partial charge in [0.25, 0.3) is 0 Å². The van der Waals surface area contributed by atoms with Crippen LogP contribution in [0.15, 0.2) is 24.3 Å². The van der Waals surface area contributed by atoms with E-state index in [1.165, 1.54) is 36.4 Å². The number of benzene rings is 1. The molecule has 1 rings (SSSR count). The molecule has 1 aromatic carbocycles.